The van der Waals surface area contributed by atoms with Crippen molar-refractivity contribution in [2.45, 2.75) is 12.8 Å². The molecule has 0 amide bonds. The van der Waals surface area contributed by atoms with E-state index in [4.69, 9.17) is 5.73 Å². The van der Waals surface area contributed by atoms with E-state index in [2.05, 4.69) is 10.1 Å². The summed E-state index contributed by atoms with van der Waals surface area (Å²) >= 11 is 1.55. The number of anilines is 1. The summed E-state index contributed by atoms with van der Waals surface area (Å²) in [6, 6.07) is 0. The maximum Gasteiger partial charge on any atom is 0.180 e. The second kappa shape index (κ2) is 3.79. The molecular formula is C9H12N4S. The van der Waals surface area contributed by atoms with Gasteiger partial charge in [-0.15, -0.1) is 11.3 Å². The van der Waals surface area contributed by atoms with Crippen molar-refractivity contribution in [1.29, 1.82) is 0 Å². The number of hydrogen-bond donors (Lipinski definition) is 1. The highest BCUT2D eigenvalue weighted by molar-refractivity contribution is 7.15. The molecule has 2 heterocycles. The van der Waals surface area contributed by atoms with Crippen molar-refractivity contribution < 1.29 is 0 Å². The van der Waals surface area contributed by atoms with Crippen molar-refractivity contribution in [3.05, 3.63) is 29.0 Å². The van der Waals surface area contributed by atoms with E-state index in [-0.39, 0.29) is 0 Å². The molecular weight excluding hydrogens is 196 g/mol. The van der Waals surface area contributed by atoms with E-state index in [0.717, 1.165) is 12.8 Å². The number of hydrogen-bond acceptors (Lipinski definition) is 4. The second-order valence-electron chi connectivity index (χ2n) is 3.19. The minimum atomic E-state index is 0.645. The van der Waals surface area contributed by atoms with Crippen molar-refractivity contribution in [3.8, 4) is 0 Å². The maximum atomic E-state index is 5.54. The van der Waals surface area contributed by atoms with Crippen LogP contribution in [0.4, 0.5) is 5.13 Å². The molecule has 2 aromatic heterocycles. The summed E-state index contributed by atoms with van der Waals surface area (Å²) < 4.78 is 1.82. The molecule has 0 aromatic carbocycles. The average Bonchev–Trinajstić information content (AvgIpc) is 2.72. The van der Waals surface area contributed by atoms with Gasteiger partial charge >= 0.3 is 0 Å². The number of nitrogens with two attached hydrogens (primary N) is 1. The standard InChI is InChI=1S/C9H12N4S/c1-13-6-7(4-12-13)2-3-8-5-11-9(10)14-8/h4-6H,2-3H2,1H3,(H2,10,11). The van der Waals surface area contributed by atoms with Gasteiger partial charge in [0, 0.05) is 24.3 Å². The summed E-state index contributed by atoms with van der Waals surface area (Å²) in [5, 5.41) is 4.76. The summed E-state index contributed by atoms with van der Waals surface area (Å²) in [7, 11) is 1.92. The van der Waals surface area contributed by atoms with Crippen LogP contribution >= 0.6 is 11.3 Å². The molecule has 0 radical (unpaired) electrons. The normalized spacial score (nSPS) is 10.6. The molecule has 0 bridgehead atoms. The molecule has 0 aliphatic heterocycles. The van der Waals surface area contributed by atoms with E-state index in [0.29, 0.717) is 5.13 Å². The molecule has 0 saturated carbocycles. The lowest BCUT2D eigenvalue weighted by molar-refractivity contribution is 0.766. The van der Waals surface area contributed by atoms with Crippen molar-refractivity contribution in [2.24, 2.45) is 7.05 Å². The Morgan fingerprint density at radius 3 is 2.86 bits per heavy atom. The molecule has 2 N–H and O–H groups in total. The highest BCUT2D eigenvalue weighted by Crippen LogP contribution is 2.16. The first-order valence-corrected chi connectivity index (χ1v) is 5.23. The van der Waals surface area contributed by atoms with Crippen LogP contribution in [0.5, 0.6) is 0 Å². The van der Waals surface area contributed by atoms with Gasteiger partial charge in [0.15, 0.2) is 5.13 Å². The largest absolute Gasteiger partial charge is 0.375 e. The van der Waals surface area contributed by atoms with Crippen LogP contribution in [0.15, 0.2) is 18.6 Å². The Morgan fingerprint density at radius 2 is 2.29 bits per heavy atom. The first-order chi connectivity index (χ1) is 6.74. The van der Waals surface area contributed by atoms with Gasteiger partial charge in [0.25, 0.3) is 0 Å². The van der Waals surface area contributed by atoms with E-state index in [9.17, 15) is 0 Å². The Hall–Kier alpha value is -1.36. The predicted molar refractivity (Wildman–Crippen MR) is 57.1 cm³/mol. The molecule has 0 spiro atoms. The Morgan fingerprint density at radius 1 is 1.43 bits per heavy atom. The van der Waals surface area contributed by atoms with Gasteiger partial charge in [-0.05, 0) is 18.4 Å². The Balaban J connectivity index is 1.94. The first kappa shape index (κ1) is 9.21. The minimum absolute atomic E-state index is 0.645. The van der Waals surface area contributed by atoms with Crippen LogP contribution in [0.25, 0.3) is 0 Å². The smallest absolute Gasteiger partial charge is 0.180 e. The Bertz CT molecular complexity index is 378. The molecule has 0 saturated heterocycles. The van der Waals surface area contributed by atoms with Gasteiger partial charge in [-0.3, -0.25) is 4.68 Å². The van der Waals surface area contributed by atoms with Gasteiger partial charge in [0.1, 0.15) is 0 Å². The van der Waals surface area contributed by atoms with Crippen molar-refractivity contribution in [3.63, 3.8) is 0 Å². The number of rotatable bonds is 3. The van der Waals surface area contributed by atoms with Gasteiger partial charge in [-0.2, -0.15) is 5.10 Å². The monoisotopic (exact) mass is 208 g/mol. The van der Waals surface area contributed by atoms with E-state index < -0.39 is 0 Å². The lowest BCUT2D eigenvalue weighted by Crippen LogP contribution is -1.87. The zero-order valence-corrected chi connectivity index (χ0v) is 8.79. The van der Waals surface area contributed by atoms with Crippen molar-refractivity contribution in [2.75, 3.05) is 5.73 Å². The number of aromatic nitrogens is 3. The molecule has 0 atom stereocenters. The van der Waals surface area contributed by atoms with Gasteiger partial charge in [0.2, 0.25) is 0 Å². The van der Waals surface area contributed by atoms with Crippen molar-refractivity contribution >= 4 is 16.5 Å². The lowest BCUT2D eigenvalue weighted by atomic mass is 10.2. The van der Waals surface area contributed by atoms with Crippen LogP contribution in [0, 0.1) is 0 Å². The fraction of sp³-hybridized carbons (Fsp3) is 0.333. The van der Waals surface area contributed by atoms with Crippen LogP contribution in [-0.2, 0) is 19.9 Å². The van der Waals surface area contributed by atoms with Crippen molar-refractivity contribution in [1.82, 2.24) is 14.8 Å². The number of thiazole rings is 1. The number of nitrogens with zero attached hydrogens (tertiary/aromatic N) is 3. The lowest BCUT2D eigenvalue weighted by Gasteiger charge is -1.92. The summed E-state index contributed by atoms with van der Waals surface area (Å²) in [6.45, 7) is 0. The molecule has 14 heavy (non-hydrogen) atoms. The zero-order chi connectivity index (χ0) is 9.97. The third-order valence-electron chi connectivity index (χ3n) is 1.99. The SMILES string of the molecule is Cn1cc(CCc2cnc(N)s2)cn1. The van der Waals surface area contributed by atoms with Crippen LogP contribution in [0.3, 0.4) is 0 Å². The van der Waals surface area contributed by atoms with Gasteiger partial charge in [-0.25, -0.2) is 4.98 Å². The van der Waals surface area contributed by atoms with Crippen LogP contribution in [-0.4, -0.2) is 14.8 Å². The molecule has 74 valence electrons. The van der Waals surface area contributed by atoms with Crippen LogP contribution in [0.1, 0.15) is 10.4 Å². The number of nitrogen functional groups attached to an aromatic ring is 1. The fourth-order valence-corrected chi connectivity index (χ4v) is 1.99. The molecule has 0 aliphatic carbocycles. The quantitative estimate of drug-likeness (QED) is 0.825. The Kier molecular flexibility index (Phi) is 2.49. The molecule has 2 rings (SSSR count). The van der Waals surface area contributed by atoms with E-state index in [1.54, 1.807) is 11.3 Å². The second-order valence-corrected chi connectivity index (χ2v) is 4.33. The highest BCUT2D eigenvalue weighted by Gasteiger charge is 2.00. The third kappa shape index (κ3) is 2.11. The molecule has 0 fully saturated rings. The van der Waals surface area contributed by atoms with E-state index in [1.807, 2.05) is 30.3 Å². The summed E-state index contributed by atoms with van der Waals surface area (Å²) in [6.07, 6.45) is 7.75. The topological polar surface area (TPSA) is 56.7 Å². The van der Waals surface area contributed by atoms with Gasteiger partial charge < -0.3 is 5.73 Å². The van der Waals surface area contributed by atoms with Crippen LogP contribution < -0.4 is 5.73 Å². The number of aryl methyl sites for hydroxylation is 3. The first-order valence-electron chi connectivity index (χ1n) is 4.42. The molecule has 4 nitrogen and oxygen atoms in total. The zero-order valence-electron chi connectivity index (χ0n) is 7.97. The summed E-state index contributed by atoms with van der Waals surface area (Å²) in [4.78, 5) is 5.24. The van der Waals surface area contributed by atoms with E-state index in [1.165, 1.54) is 10.4 Å². The summed E-state index contributed by atoms with van der Waals surface area (Å²) in [5.41, 5.74) is 6.79. The fourth-order valence-electron chi connectivity index (χ4n) is 1.31. The Labute approximate surface area is 86.4 Å². The molecule has 2 aromatic rings. The minimum Gasteiger partial charge on any atom is -0.375 e. The maximum absolute atomic E-state index is 5.54. The van der Waals surface area contributed by atoms with Gasteiger partial charge in [0.05, 0.1) is 6.20 Å². The highest BCUT2D eigenvalue weighted by atomic mass is 32.1. The molecule has 0 unspecified atom stereocenters. The van der Waals surface area contributed by atoms with Gasteiger partial charge in [-0.1, -0.05) is 0 Å². The molecule has 0 aliphatic rings. The predicted octanol–water partition coefficient (Wildman–Crippen LogP) is 1.24. The summed E-state index contributed by atoms with van der Waals surface area (Å²) in [5.74, 6) is 0. The van der Waals surface area contributed by atoms with Crippen LogP contribution in [0.2, 0.25) is 0 Å². The van der Waals surface area contributed by atoms with E-state index >= 15 is 0 Å². The average molecular weight is 208 g/mol. The molecule has 5 heteroatoms. The third-order valence-corrected chi connectivity index (χ3v) is 2.88.